The Balaban J connectivity index is 2.85. The second-order valence-electron chi connectivity index (χ2n) is 2.82. The van der Waals surface area contributed by atoms with Gasteiger partial charge in [0.2, 0.25) is 0 Å². The molecule has 1 aromatic rings. The Morgan fingerprint density at radius 2 is 1.88 bits per heavy atom. The minimum Gasteiger partial charge on any atom is -0.477 e. The van der Waals surface area contributed by atoms with E-state index in [1.54, 1.807) is 0 Å². The van der Waals surface area contributed by atoms with Crippen LogP contribution in [0.4, 0.5) is 10.1 Å². The van der Waals surface area contributed by atoms with Gasteiger partial charge in [0.1, 0.15) is 5.82 Å². The average molecular weight is 225 g/mol. The predicted molar refractivity (Wildman–Crippen MR) is 53.4 cm³/mol. The molecule has 6 heteroatoms. The number of carboxylic acid groups (broad SMARTS) is 2. The first kappa shape index (κ1) is 11.7. The third-order valence-corrected chi connectivity index (χ3v) is 1.67. The van der Waals surface area contributed by atoms with Crippen molar-refractivity contribution in [2.45, 2.75) is 0 Å². The van der Waals surface area contributed by atoms with Gasteiger partial charge in [-0.2, -0.15) is 0 Å². The third-order valence-electron chi connectivity index (χ3n) is 1.67. The van der Waals surface area contributed by atoms with Gasteiger partial charge < -0.3 is 15.5 Å². The molecule has 0 radical (unpaired) electrons. The molecule has 0 amide bonds. The zero-order valence-electron chi connectivity index (χ0n) is 7.98. The van der Waals surface area contributed by atoms with Crippen molar-refractivity contribution in [1.29, 1.82) is 0 Å². The van der Waals surface area contributed by atoms with Crippen molar-refractivity contribution in [3.63, 3.8) is 0 Å². The third kappa shape index (κ3) is 3.09. The van der Waals surface area contributed by atoms with E-state index in [1.807, 2.05) is 0 Å². The minimum atomic E-state index is -1.57. The maximum atomic E-state index is 12.7. The first-order chi connectivity index (χ1) is 7.50. The van der Waals surface area contributed by atoms with E-state index in [1.165, 1.54) is 18.2 Å². The SMILES string of the molecule is O=C(O)C(=CNc1cccc(F)c1)C(=O)O. The molecule has 1 aromatic carbocycles. The lowest BCUT2D eigenvalue weighted by Gasteiger charge is -2.01. The van der Waals surface area contributed by atoms with Gasteiger partial charge in [-0.05, 0) is 18.2 Å². The van der Waals surface area contributed by atoms with Crippen molar-refractivity contribution < 1.29 is 24.2 Å². The summed E-state index contributed by atoms with van der Waals surface area (Å²) in [5, 5.41) is 19.4. The van der Waals surface area contributed by atoms with E-state index >= 15 is 0 Å². The van der Waals surface area contributed by atoms with E-state index < -0.39 is 23.3 Å². The van der Waals surface area contributed by atoms with E-state index in [4.69, 9.17) is 10.2 Å². The molecule has 0 aliphatic carbocycles. The fourth-order valence-electron chi connectivity index (χ4n) is 0.949. The van der Waals surface area contributed by atoms with Gasteiger partial charge in [-0.1, -0.05) is 6.07 Å². The monoisotopic (exact) mass is 225 g/mol. The van der Waals surface area contributed by atoms with Crippen LogP contribution in [-0.4, -0.2) is 22.2 Å². The number of halogens is 1. The van der Waals surface area contributed by atoms with Crippen LogP contribution < -0.4 is 5.32 Å². The highest BCUT2D eigenvalue weighted by Crippen LogP contribution is 2.09. The van der Waals surface area contributed by atoms with Gasteiger partial charge >= 0.3 is 11.9 Å². The normalized spacial score (nSPS) is 9.31. The first-order valence-corrected chi connectivity index (χ1v) is 4.19. The Hall–Kier alpha value is -2.37. The highest BCUT2D eigenvalue weighted by atomic mass is 19.1. The predicted octanol–water partition coefficient (Wildman–Crippen LogP) is 1.29. The number of carbonyl (C=O) groups is 2. The quantitative estimate of drug-likeness (QED) is 0.408. The highest BCUT2D eigenvalue weighted by molar-refractivity contribution is 6.12. The summed E-state index contributed by atoms with van der Waals surface area (Å²) in [4.78, 5) is 20.9. The van der Waals surface area contributed by atoms with Crippen LogP contribution in [0.1, 0.15) is 0 Å². The Labute approximate surface area is 89.8 Å². The first-order valence-electron chi connectivity index (χ1n) is 4.19. The fourth-order valence-corrected chi connectivity index (χ4v) is 0.949. The molecular weight excluding hydrogens is 217 g/mol. The lowest BCUT2D eigenvalue weighted by Crippen LogP contribution is -2.12. The highest BCUT2D eigenvalue weighted by Gasteiger charge is 2.15. The summed E-state index contributed by atoms with van der Waals surface area (Å²) in [5.74, 6) is -3.65. The summed E-state index contributed by atoms with van der Waals surface area (Å²) in [5.41, 5.74) is -0.565. The summed E-state index contributed by atoms with van der Waals surface area (Å²) in [7, 11) is 0. The molecule has 0 fully saturated rings. The number of nitrogens with one attached hydrogen (secondary N) is 1. The molecule has 0 unspecified atom stereocenters. The lowest BCUT2D eigenvalue weighted by atomic mass is 10.3. The Bertz CT molecular complexity index is 440. The van der Waals surface area contributed by atoms with E-state index in [2.05, 4.69) is 5.32 Å². The van der Waals surface area contributed by atoms with Crippen molar-refractivity contribution in [2.75, 3.05) is 5.32 Å². The van der Waals surface area contributed by atoms with Gasteiger partial charge in [0.25, 0.3) is 0 Å². The number of rotatable bonds is 4. The summed E-state index contributed by atoms with van der Waals surface area (Å²) >= 11 is 0. The average Bonchev–Trinajstić information content (AvgIpc) is 2.16. The number of anilines is 1. The van der Waals surface area contributed by atoms with Gasteiger partial charge in [-0.25, -0.2) is 14.0 Å². The van der Waals surface area contributed by atoms with Crippen LogP contribution >= 0.6 is 0 Å². The van der Waals surface area contributed by atoms with Gasteiger partial charge in [-0.3, -0.25) is 0 Å². The lowest BCUT2D eigenvalue weighted by molar-refractivity contribution is -0.140. The number of hydrogen-bond acceptors (Lipinski definition) is 3. The van der Waals surface area contributed by atoms with E-state index in [0.29, 0.717) is 0 Å². The van der Waals surface area contributed by atoms with Crippen LogP contribution in [0.15, 0.2) is 36.0 Å². The van der Waals surface area contributed by atoms with Crippen LogP contribution in [0, 0.1) is 5.82 Å². The Morgan fingerprint density at radius 1 is 1.25 bits per heavy atom. The second kappa shape index (κ2) is 4.92. The van der Waals surface area contributed by atoms with Crippen molar-refractivity contribution >= 4 is 17.6 Å². The van der Waals surface area contributed by atoms with Crippen LogP contribution in [-0.2, 0) is 9.59 Å². The number of benzene rings is 1. The molecule has 0 atom stereocenters. The Kier molecular flexibility index (Phi) is 3.60. The van der Waals surface area contributed by atoms with Crippen molar-refractivity contribution in [3.8, 4) is 0 Å². The molecule has 0 aromatic heterocycles. The van der Waals surface area contributed by atoms with Crippen molar-refractivity contribution in [3.05, 3.63) is 41.9 Å². The molecule has 3 N–H and O–H groups in total. The topological polar surface area (TPSA) is 86.6 Å². The van der Waals surface area contributed by atoms with Crippen LogP contribution in [0.25, 0.3) is 0 Å². The molecule has 0 saturated carbocycles. The second-order valence-corrected chi connectivity index (χ2v) is 2.82. The number of aliphatic carboxylic acids is 2. The molecule has 0 spiro atoms. The zero-order chi connectivity index (χ0) is 12.1. The van der Waals surface area contributed by atoms with Gasteiger partial charge in [-0.15, -0.1) is 0 Å². The number of hydrogen-bond donors (Lipinski definition) is 3. The van der Waals surface area contributed by atoms with Crippen molar-refractivity contribution in [2.24, 2.45) is 0 Å². The van der Waals surface area contributed by atoms with Gasteiger partial charge in [0, 0.05) is 11.9 Å². The van der Waals surface area contributed by atoms with Crippen molar-refractivity contribution in [1.82, 2.24) is 0 Å². The molecular formula is C10H8FNO4. The molecule has 0 aliphatic heterocycles. The minimum absolute atomic E-state index is 0.264. The molecule has 0 saturated heterocycles. The van der Waals surface area contributed by atoms with Gasteiger partial charge in [0.15, 0.2) is 5.57 Å². The summed E-state index contributed by atoms with van der Waals surface area (Å²) in [6, 6.07) is 5.20. The maximum Gasteiger partial charge on any atom is 0.344 e. The van der Waals surface area contributed by atoms with Crippen LogP contribution in [0.5, 0.6) is 0 Å². The molecule has 0 bridgehead atoms. The standard InChI is InChI=1S/C10H8FNO4/c11-6-2-1-3-7(4-6)12-5-8(9(13)14)10(15)16/h1-5,12H,(H,13,14)(H,15,16). The summed E-state index contributed by atoms with van der Waals surface area (Å²) in [6.45, 7) is 0. The molecule has 84 valence electrons. The smallest absolute Gasteiger partial charge is 0.344 e. The molecule has 5 nitrogen and oxygen atoms in total. The Morgan fingerprint density at radius 3 is 2.38 bits per heavy atom. The van der Waals surface area contributed by atoms with Crippen LogP contribution in [0.3, 0.4) is 0 Å². The van der Waals surface area contributed by atoms with E-state index in [0.717, 1.165) is 12.3 Å². The summed E-state index contributed by atoms with van der Waals surface area (Å²) < 4.78 is 12.7. The largest absolute Gasteiger partial charge is 0.477 e. The molecule has 1 rings (SSSR count). The number of carboxylic acids is 2. The van der Waals surface area contributed by atoms with Gasteiger partial charge in [0.05, 0.1) is 0 Å². The van der Waals surface area contributed by atoms with E-state index in [-0.39, 0.29) is 5.69 Å². The van der Waals surface area contributed by atoms with E-state index in [9.17, 15) is 14.0 Å². The van der Waals surface area contributed by atoms with Crippen LogP contribution in [0.2, 0.25) is 0 Å². The molecule has 0 heterocycles. The zero-order valence-corrected chi connectivity index (χ0v) is 7.98. The summed E-state index contributed by atoms with van der Waals surface area (Å²) in [6.07, 6.45) is 0.791. The molecule has 16 heavy (non-hydrogen) atoms. The maximum absolute atomic E-state index is 12.7. The fraction of sp³-hybridized carbons (Fsp3) is 0. The molecule has 0 aliphatic rings.